The average molecular weight is 189 g/mol. The van der Waals surface area contributed by atoms with Crippen LogP contribution in [0, 0.1) is 0 Å². The lowest BCUT2D eigenvalue weighted by molar-refractivity contribution is -0.286. The zero-order valence-electron chi connectivity index (χ0n) is 6.87. The quantitative estimate of drug-likeness (QED) is 0.297. The molecule has 1 aliphatic rings. The molecule has 1 rings (SSSR count). The monoisotopic (exact) mass is 189 g/mol. The van der Waals surface area contributed by atoms with Crippen molar-refractivity contribution < 1.29 is 20.1 Å². The summed E-state index contributed by atoms with van der Waals surface area (Å²) in [4.78, 5) is 2.44. The minimum absolute atomic E-state index is 0.0114. The maximum absolute atomic E-state index is 9.54. The van der Waals surface area contributed by atoms with Crippen LogP contribution in [0.2, 0.25) is 0 Å². The van der Waals surface area contributed by atoms with Gasteiger partial charge in [-0.05, 0) is 5.53 Å². The molecule has 1 aliphatic heterocycles. The largest absolute Gasteiger partial charge is 0.391 e. The molecule has 3 atom stereocenters. The molecule has 0 aliphatic carbocycles. The first-order chi connectivity index (χ1) is 6.08. The lowest BCUT2D eigenvalue weighted by Crippen LogP contribution is -2.54. The molecular weight excluding hydrogens is 178 g/mol. The fraction of sp³-hybridized carbons (Fsp3) is 1.00. The third-order valence-corrected chi connectivity index (χ3v) is 1.90. The second kappa shape index (κ2) is 3.91. The molecule has 0 amide bonds. The standard InChI is InChI=1S/C6H11N3O4/c7-9-8-3-6(12)5(11)1-4(10)2-13-6/h4-5,10-12H,1-3H2/t4-,5?,6+/m0/s1. The van der Waals surface area contributed by atoms with E-state index in [0.29, 0.717) is 0 Å². The van der Waals surface area contributed by atoms with E-state index in [1.807, 2.05) is 0 Å². The van der Waals surface area contributed by atoms with Crippen LogP contribution in [-0.2, 0) is 4.74 Å². The third kappa shape index (κ3) is 2.30. The van der Waals surface area contributed by atoms with E-state index in [-0.39, 0.29) is 19.6 Å². The Morgan fingerprint density at radius 3 is 2.85 bits per heavy atom. The van der Waals surface area contributed by atoms with E-state index in [0.717, 1.165) is 0 Å². The van der Waals surface area contributed by atoms with Gasteiger partial charge >= 0.3 is 0 Å². The van der Waals surface area contributed by atoms with E-state index in [1.165, 1.54) is 0 Å². The van der Waals surface area contributed by atoms with E-state index in [1.54, 1.807) is 0 Å². The molecule has 0 spiro atoms. The zero-order valence-corrected chi connectivity index (χ0v) is 6.87. The zero-order chi connectivity index (χ0) is 9.90. The molecule has 1 fully saturated rings. The molecular formula is C6H11N3O4. The minimum Gasteiger partial charge on any atom is -0.391 e. The van der Waals surface area contributed by atoms with E-state index in [2.05, 4.69) is 10.0 Å². The van der Waals surface area contributed by atoms with Gasteiger partial charge in [0.05, 0.1) is 19.3 Å². The van der Waals surface area contributed by atoms with Crippen molar-refractivity contribution in [2.24, 2.45) is 5.11 Å². The molecule has 74 valence electrons. The molecule has 1 saturated heterocycles. The van der Waals surface area contributed by atoms with E-state index < -0.39 is 18.0 Å². The van der Waals surface area contributed by atoms with Crippen LogP contribution in [-0.4, -0.2) is 46.5 Å². The number of hydrogen-bond acceptors (Lipinski definition) is 5. The third-order valence-electron chi connectivity index (χ3n) is 1.90. The van der Waals surface area contributed by atoms with Crippen molar-refractivity contribution in [3.8, 4) is 0 Å². The van der Waals surface area contributed by atoms with Gasteiger partial charge < -0.3 is 20.1 Å². The molecule has 7 nitrogen and oxygen atoms in total. The van der Waals surface area contributed by atoms with Crippen molar-refractivity contribution in [3.05, 3.63) is 10.4 Å². The van der Waals surface area contributed by atoms with Crippen molar-refractivity contribution in [2.45, 2.75) is 24.4 Å². The second-order valence-electron chi connectivity index (χ2n) is 2.95. The number of rotatable bonds is 2. The van der Waals surface area contributed by atoms with Crippen molar-refractivity contribution in [1.82, 2.24) is 0 Å². The van der Waals surface area contributed by atoms with Crippen molar-refractivity contribution in [3.63, 3.8) is 0 Å². The van der Waals surface area contributed by atoms with Gasteiger partial charge in [-0.3, -0.25) is 0 Å². The molecule has 1 heterocycles. The molecule has 0 aromatic rings. The van der Waals surface area contributed by atoms with Crippen LogP contribution in [0.5, 0.6) is 0 Å². The smallest absolute Gasteiger partial charge is 0.197 e. The Morgan fingerprint density at radius 1 is 1.62 bits per heavy atom. The molecule has 0 aromatic heterocycles. The Balaban J connectivity index is 2.61. The summed E-state index contributed by atoms with van der Waals surface area (Å²) in [5.41, 5.74) is 8.01. The summed E-state index contributed by atoms with van der Waals surface area (Å²) < 4.78 is 4.78. The number of hydrogen-bond donors (Lipinski definition) is 3. The van der Waals surface area contributed by atoms with Gasteiger partial charge in [0.15, 0.2) is 5.79 Å². The first-order valence-corrected chi connectivity index (χ1v) is 3.82. The lowest BCUT2D eigenvalue weighted by Gasteiger charge is -2.37. The van der Waals surface area contributed by atoms with Crippen LogP contribution >= 0.6 is 0 Å². The van der Waals surface area contributed by atoms with Crippen LogP contribution in [0.15, 0.2) is 5.11 Å². The first-order valence-electron chi connectivity index (χ1n) is 3.82. The van der Waals surface area contributed by atoms with Gasteiger partial charge in [0.25, 0.3) is 0 Å². The highest BCUT2D eigenvalue weighted by atomic mass is 16.6. The summed E-state index contributed by atoms with van der Waals surface area (Å²) in [7, 11) is 0. The predicted octanol–water partition coefficient (Wildman–Crippen LogP) is -0.873. The van der Waals surface area contributed by atoms with Crippen LogP contribution in [0.4, 0.5) is 0 Å². The molecule has 7 heteroatoms. The summed E-state index contributed by atoms with van der Waals surface area (Å²) in [5, 5.41) is 31.0. The Kier molecular flexibility index (Phi) is 3.07. The Bertz CT molecular complexity index is 230. The summed E-state index contributed by atoms with van der Waals surface area (Å²) in [6.07, 6.45) is -2.01. The van der Waals surface area contributed by atoms with Gasteiger partial charge in [-0.1, -0.05) is 5.11 Å². The molecule has 0 bridgehead atoms. The van der Waals surface area contributed by atoms with Crippen LogP contribution in [0.25, 0.3) is 10.4 Å². The van der Waals surface area contributed by atoms with Crippen molar-refractivity contribution >= 4 is 0 Å². The molecule has 1 unspecified atom stereocenters. The second-order valence-corrected chi connectivity index (χ2v) is 2.95. The normalized spacial score (nSPS) is 39.6. The maximum Gasteiger partial charge on any atom is 0.197 e. The SMILES string of the molecule is [N-]=[N+]=NC[C@@]1(O)OC[C@@H](O)CC1O. The highest BCUT2D eigenvalue weighted by Crippen LogP contribution is 2.23. The maximum atomic E-state index is 9.54. The summed E-state index contributed by atoms with van der Waals surface area (Å²) in [6.45, 7) is -0.439. The van der Waals surface area contributed by atoms with Gasteiger partial charge in [0.2, 0.25) is 0 Å². The van der Waals surface area contributed by atoms with Crippen molar-refractivity contribution in [1.29, 1.82) is 0 Å². The fourth-order valence-electron chi connectivity index (χ4n) is 1.13. The Hall–Kier alpha value is -0.850. The number of nitrogens with zero attached hydrogens (tertiary/aromatic N) is 3. The summed E-state index contributed by atoms with van der Waals surface area (Å²) >= 11 is 0. The number of ether oxygens (including phenoxy) is 1. The van der Waals surface area contributed by atoms with Gasteiger partial charge in [-0.15, -0.1) is 0 Å². The Morgan fingerprint density at radius 2 is 2.31 bits per heavy atom. The van der Waals surface area contributed by atoms with Crippen molar-refractivity contribution in [2.75, 3.05) is 13.2 Å². The number of aliphatic hydroxyl groups excluding tert-OH is 2. The van der Waals surface area contributed by atoms with Crippen LogP contribution in [0.3, 0.4) is 0 Å². The van der Waals surface area contributed by atoms with Gasteiger partial charge in [-0.25, -0.2) is 0 Å². The molecule has 3 N–H and O–H groups in total. The summed E-state index contributed by atoms with van der Waals surface area (Å²) in [6, 6.07) is 0. The van der Waals surface area contributed by atoms with E-state index in [4.69, 9.17) is 15.4 Å². The van der Waals surface area contributed by atoms with Gasteiger partial charge in [0, 0.05) is 11.3 Å². The minimum atomic E-state index is -1.86. The lowest BCUT2D eigenvalue weighted by atomic mass is 10.0. The van der Waals surface area contributed by atoms with E-state index in [9.17, 15) is 10.2 Å². The first kappa shape index (κ1) is 10.2. The fourth-order valence-corrected chi connectivity index (χ4v) is 1.13. The molecule has 0 saturated carbocycles. The average Bonchev–Trinajstić information content (AvgIpc) is 2.09. The highest BCUT2D eigenvalue weighted by Gasteiger charge is 2.41. The predicted molar refractivity (Wildman–Crippen MR) is 41.5 cm³/mol. The summed E-state index contributed by atoms with van der Waals surface area (Å²) in [5.74, 6) is -1.86. The van der Waals surface area contributed by atoms with Gasteiger partial charge in [0.1, 0.15) is 6.10 Å². The molecule has 0 aromatic carbocycles. The highest BCUT2D eigenvalue weighted by molar-refractivity contribution is 4.86. The number of azide groups is 1. The topological polar surface area (TPSA) is 119 Å². The Labute approximate surface area is 74.2 Å². The van der Waals surface area contributed by atoms with Crippen LogP contribution in [0.1, 0.15) is 6.42 Å². The van der Waals surface area contributed by atoms with Crippen LogP contribution < -0.4 is 0 Å². The van der Waals surface area contributed by atoms with E-state index >= 15 is 0 Å². The van der Waals surface area contributed by atoms with Gasteiger partial charge in [-0.2, -0.15) is 0 Å². The molecule has 13 heavy (non-hydrogen) atoms. The molecule has 0 radical (unpaired) electrons. The number of aliphatic hydroxyl groups is 3.